The molecule has 1 aromatic rings. The standard InChI is InChI=1S/C11H16N2OS/c1-7-4-5-10(9(3)8(7)2)15-6-11(14)13-12/h4-5H,6,12H2,1-3H3,(H,13,14). The van der Waals surface area contributed by atoms with Crippen molar-refractivity contribution in [3.8, 4) is 0 Å². The van der Waals surface area contributed by atoms with Crippen molar-refractivity contribution in [2.75, 3.05) is 5.75 Å². The summed E-state index contributed by atoms with van der Waals surface area (Å²) in [5, 5.41) is 0. The van der Waals surface area contributed by atoms with Gasteiger partial charge in [0.15, 0.2) is 0 Å². The molecule has 0 aliphatic rings. The van der Waals surface area contributed by atoms with Crippen LogP contribution in [0.2, 0.25) is 0 Å². The molecule has 0 spiro atoms. The van der Waals surface area contributed by atoms with Gasteiger partial charge in [-0.15, -0.1) is 11.8 Å². The van der Waals surface area contributed by atoms with Gasteiger partial charge in [-0.25, -0.2) is 5.84 Å². The van der Waals surface area contributed by atoms with E-state index in [4.69, 9.17) is 5.84 Å². The van der Waals surface area contributed by atoms with Crippen LogP contribution in [0.25, 0.3) is 0 Å². The lowest BCUT2D eigenvalue weighted by molar-refractivity contribution is -0.118. The maximum absolute atomic E-state index is 11.0. The van der Waals surface area contributed by atoms with Gasteiger partial charge >= 0.3 is 0 Å². The number of hydrogen-bond donors (Lipinski definition) is 2. The number of aryl methyl sites for hydroxylation is 1. The van der Waals surface area contributed by atoms with Crippen LogP contribution < -0.4 is 11.3 Å². The van der Waals surface area contributed by atoms with Crippen molar-refractivity contribution in [2.45, 2.75) is 25.7 Å². The summed E-state index contributed by atoms with van der Waals surface area (Å²) in [7, 11) is 0. The molecular formula is C11H16N2OS. The van der Waals surface area contributed by atoms with E-state index >= 15 is 0 Å². The molecule has 0 atom stereocenters. The topological polar surface area (TPSA) is 55.1 Å². The Morgan fingerprint density at radius 3 is 2.60 bits per heavy atom. The highest BCUT2D eigenvalue weighted by atomic mass is 32.2. The van der Waals surface area contributed by atoms with Crippen LogP contribution in [0.4, 0.5) is 0 Å². The fourth-order valence-electron chi connectivity index (χ4n) is 1.27. The van der Waals surface area contributed by atoms with Gasteiger partial charge in [0.25, 0.3) is 0 Å². The van der Waals surface area contributed by atoms with Gasteiger partial charge in [0, 0.05) is 4.90 Å². The lowest BCUT2D eigenvalue weighted by Gasteiger charge is -2.10. The predicted octanol–water partition coefficient (Wildman–Crippen LogP) is 1.69. The first-order valence-corrected chi connectivity index (χ1v) is 5.74. The van der Waals surface area contributed by atoms with Crippen molar-refractivity contribution in [1.29, 1.82) is 0 Å². The van der Waals surface area contributed by atoms with Crippen LogP contribution in [-0.4, -0.2) is 11.7 Å². The molecule has 0 saturated carbocycles. The lowest BCUT2D eigenvalue weighted by atomic mass is 10.1. The smallest absolute Gasteiger partial charge is 0.244 e. The molecule has 82 valence electrons. The van der Waals surface area contributed by atoms with Crippen LogP contribution >= 0.6 is 11.8 Å². The Bertz CT molecular complexity index is 377. The first kappa shape index (κ1) is 12.1. The molecule has 1 rings (SSSR count). The van der Waals surface area contributed by atoms with Gasteiger partial charge in [0.05, 0.1) is 5.75 Å². The van der Waals surface area contributed by atoms with Gasteiger partial charge in [0.2, 0.25) is 5.91 Å². The number of carbonyl (C=O) groups excluding carboxylic acids is 1. The van der Waals surface area contributed by atoms with E-state index in [2.05, 4.69) is 32.3 Å². The van der Waals surface area contributed by atoms with Crippen molar-refractivity contribution >= 4 is 17.7 Å². The summed E-state index contributed by atoms with van der Waals surface area (Å²) in [5.74, 6) is 5.22. The average molecular weight is 224 g/mol. The Morgan fingerprint density at radius 2 is 2.00 bits per heavy atom. The molecule has 0 saturated heterocycles. The third-order valence-corrected chi connectivity index (χ3v) is 3.69. The van der Waals surface area contributed by atoms with E-state index in [1.54, 1.807) is 0 Å². The summed E-state index contributed by atoms with van der Waals surface area (Å²) in [5.41, 5.74) is 5.92. The lowest BCUT2D eigenvalue weighted by Crippen LogP contribution is -2.31. The van der Waals surface area contributed by atoms with Gasteiger partial charge < -0.3 is 0 Å². The van der Waals surface area contributed by atoms with E-state index in [9.17, 15) is 4.79 Å². The zero-order chi connectivity index (χ0) is 11.4. The van der Waals surface area contributed by atoms with Crippen molar-refractivity contribution in [1.82, 2.24) is 5.43 Å². The molecule has 0 unspecified atom stereocenters. The number of carbonyl (C=O) groups is 1. The summed E-state index contributed by atoms with van der Waals surface area (Å²) in [6.07, 6.45) is 0. The highest BCUT2D eigenvalue weighted by Gasteiger charge is 2.06. The van der Waals surface area contributed by atoms with Crippen LogP contribution in [0.15, 0.2) is 17.0 Å². The van der Waals surface area contributed by atoms with Crippen molar-refractivity contribution < 1.29 is 4.79 Å². The maximum atomic E-state index is 11.0. The SMILES string of the molecule is Cc1ccc(SCC(=O)NN)c(C)c1C. The molecule has 0 aliphatic heterocycles. The first-order valence-electron chi connectivity index (χ1n) is 4.75. The van der Waals surface area contributed by atoms with Gasteiger partial charge in [-0.2, -0.15) is 0 Å². The minimum atomic E-state index is -0.155. The monoisotopic (exact) mass is 224 g/mol. The highest BCUT2D eigenvalue weighted by molar-refractivity contribution is 8.00. The Morgan fingerprint density at radius 1 is 1.33 bits per heavy atom. The van der Waals surface area contributed by atoms with E-state index in [-0.39, 0.29) is 5.91 Å². The van der Waals surface area contributed by atoms with Gasteiger partial charge in [-0.3, -0.25) is 10.2 Å². The quantitative estimate of drug-likeness (QED) is 0.355. The number of rotatable bonds is 3. The Balaban J connectivity index is 2.78. The number of amides is 1. The Hall–Kier alpha value is -1.00. The second-order valence-corrected chi connectivity index (χ2v) is 4.50. The average Bonchev–Trinajstić information content (AvgIpc) is 2.24. The molecule has 1 aromatic carbocycles. The summed E-state index contributed by atoms with van der Waals surface area (Å²) in [6.45, 7) is 6.26. The Kier molecular flexibility index (Phi) is 4.17. The predicted molar refractivity (Wildman–Crippen MR) is 63.7 cm³/mol. The molecular weight excluding hydrogens is 208 g/mol. The summed E-state index contributed by atoms with van der Waals surface area (Å²) in [4.78, 5) is 12.1. The van der Waals surface area contributed by atoms with E-state index in [1.807, 2.05) is 6.07 Å². The third kappa shape index (κ3) is 2.97. The number of hydrazine groups is 1. The van der Waals surface area contributed by atoms with Crippen LogP contribution in [0.3, 0.4) is 0 Å². The zero-order valence-corrected chi connectivity index (χ0v) is 10.1. The number of nitrogens with one attached hydrogen (secondary N) is 1. The van der Waals surface area contributed by atoms with Gasteiger partial charge in [-0.1, -0.05) is 6.07 Å². The second-order valence-electron chi connectivity index (χ2n) is 3.49. The second kappa shape index (κ2) is 5.19. The molecule has 15 heavy (non-hydrogen) atoms. The van der Waals surface area contributed by atoms with Gasteiger partial charge in [-0.05, 0) is 43.5 Å². The fraction of sp³-hybridized carbons (Fsp3) is 0.364. The van der Waals surface area contributed by atoms with Crippen LogP contribution in [0, 0.1) is 20.8 Å². The molecule has 3 N–H and O–H groups in total. The highest BCUT2D eigenvalue weighted by Crippen LogP contribution is 2.26. The molecule has 0 aromatic heterocycles. The van der Waals surface area contributed by atoms with Crippen LogP contribution in [0.5, 0.6) is 0 Å². The third-order valence-electron chi connectivity index (χ3n) is 2.53. The maximum Gasteiger partial charge on any atom is 0.244 e. The van der Waals surface area contributed by atoms with E-state index < -0.39 is 0 Å². The largest absolute Gasteiger partial charge is 0.294 e. The molecule has 1 amide bonds. The van der Waals surface area contributed by atoms with Crippen molar-refractivity contribution in [2.24, 2.45) is 5.84 Å². The number of benzene rings is 1. The number of nitrogens with two attached hydrogens (primary N) is 1. The number of hydrogen-bond acceptors (Lipinski definition) is 3. The minimum Gasteiger partial charge on any atom is -0.294 e. The molecule has 0 bridgehead atoms. The van der Waals surface area contributed by atoms with Crippen LogP contribution in [-0.2, 0) is 4.79 Å². The summed E-state index contributed by atoms with van der Waals surface area (Å²) >= 11 is 1.51. The van der Waals surface area contributed by atoms with Crippen LogP contribution in [0.1, 0.15) is 16.7 Å². The molecule has 3 nitrogen and oxygen atoms in total. The molecule has 0 radical (unpaired) electrons. The van der Waals surface area contributed by atoms with E-state index in [1.165, 1.54) is 28.5 Å². The number of thioether (sulfide) groups is 1. The fourth-order valence-corrected chi connectivity index (χ4v) is 2.18. The molecule has 0 heterocycles. The Labute approximate surface area is 94.4 Å². The van der Waals surface area contributed by atoms with E-state index in [0.717, 1.165) is 4.90 Å². The zero-order valence-electron chi connectivity index (χ0n) is 9.26. The van der Waals surface area contributed by atoms with Gasteiger partial charge in [0.1, 0.15) is 0 Å². The molecule has 0 fully saturated rings. The molecule has 4 heteroatoms. The normalized spacial score (nSPS) is 10.1. The first-order chi connectivity index (χ1) is 7.06. The summed E-state index contributed by atoms with van der Waals surface area (Å²) in [6, 6.07) is 4.12. The van der Waals surface area contributed by atoms with E-state index in [0.29, 0.717) is 5.75 Å². The molecule has 0 aliphatic carbocycles. The van der Waals surface area contributed by atoms with Crippen molar-refractivity contribution in [3.05, 3.63) is 28.8 Å². The summed E-state index contributed by atoms with van der Waals surface area (Å²) < 4.78 is 0. The minimum absolute atomic E-state index is 0.155. The van der Waals surface area contributed by atoms with Crippen molar-refractivity contribution in [3.63, 3.8) is 0 Å².